The van der Waals surface area contributed by atoms with Gasteiger partial charge in [-0.1, -0.05) is 42.5 Å². The second-order valence-corrected chi connectivity index (χ2v) is 5.70. The van der Waals surface area contributed by atoms with E-state index in [1.165, 1.54) is 11.1 Å². The number of aromatic nitrogens is 1. The largest absolute Gasteiger partial charge is 0.307 e. The second-order valence-electron chi connectivity index (χ2n) is 5.70. The molecule has 0 radical (unpaired) electrons. The third-order valence-corrected chi connectivity index (χ3v) is 4.16. The Balaban J connectivity index is 2.25. The van der Waals surface area contributed by atoms with Crippen molar-refractivity contribution in [1.29, 1.82) is 5.26 Å². The first-order chi connectivity index (χ1) is 11.6. The van der Waals surface area contributed by atoms with Crippen LogP contribution in [0.1, 0.15) is 16.7 Å². The summed E-state index contributed by atoms with van der Waals surface area (Å²) in [4.78, 5) is 4.53. The van der Waals surface area contributed by atoms with E-state index < -0.39 is 0 Å². The Kier molecular flexibility index (Phi) is 4.28. The van der Waals surface area contributed by atoms with Gasteiger partial charge in [0.15, 0.2) is 5.82 Å². The SMILES string of the molecule is Cc1ccc(-c2cc(-c3ccccc3)c(C#N)c(NN)n2)cc1C. The molecule has 4 nitrogen and oxygen atoms in total. The van der Waals surface area contributed by atoms with Gasteiger partial charge in [0.05, 0.1) is 5.69 Å². The Morgan fingerprint density at radius 3 is 2.33 bits per heavy atom. The van der Waals surface area contributed by atoms with Crippen molar-refractivity contribution in [3.63, 3.8) is 0 Å². The van der Waals surface area contributed by atoms with Crippen molar-refractivity contribution in [2.45, 2.75) is 13.8 Å². The lowest BCUT2D eigenvalue weighted by molar-refractivity contribution is 1.21. The molecule has 0 aliphatic rings. The van der Waals surface area contributed by atoms with E-state index in [0.717, 1.165) is 22.4 Å². The van der Waals surface area contributed by atoms with E-state index in [4.69, 9.17) is 5.84 Å². The van der Waals surface area contributed by atoms with E-state index in [1.807, 2.05) is 42.5 Å². The summed E-state index contributed by atoms with van der Waals surface area (Å²) in [6.07, 6.45) is 0. The van der Waals surface area contributed by atoms with Crippen LogP contribution in [-0.2, 0) is 0 Å². The summed E-state index contributed by atoms with van der Waals surface area (Å²) in [5.74, 6) is 5.99. The lowest BCUT2D eigenvalue weighted by Crippen LogP contribution is -2.11. The van der Waals surface area contributed by atoms with E-state index in [2.05, 4.69) is 42.5 Å². The quantitative estimate of drug-likeness (QED) is 0.561. The van der Waals surface area contributed by atoms with Crippen molar-refractivity contribution in [2.24, 2.45) is 5.84 Å². The average Bonchev–Trinajstić information content (AvgIpc) is 2.63. The highest BCUT2D eigenvalue weighted by Gasteiger charge is 2.14. The van der Waals surface area contributed by atoms with E-state index >= 15 is 0 Å². The minimum atomic E-state index is 0.382. The van der Waals surface area contributed by atoms with Crippen LogP contribution in [0.25, 0.3) is 22.4 Å². The molecule has 3 rings (SSSR count). The number of rotatable bonds is 3. The summed E-state index contributed by atoms with van der Waals surface area (Å²) in [5.41, 5.74) is 8.97. The molecule has 24 heavy (non-hydrogen) atoms. The molecular formula is C20H18N4. The minimum absolute atomic E-state index is 0.382. The van der Waals surface area contributed by atoms with Gasteiger partial charge in [-0.25, -0.2) is 10.8 Å². The molecule has 4 heteroatoms. The number of nitrogen functional groups attached to an aromatic ring is 1. The molecule has 0 saturated carbocycles. The number of hydrogen-bond donors (Lipinski definition) is 2. The maximum atomic E-state index is 9.55. The number of hydrazine groups is 1. The van der Waals surface area contributed by atoms with Crippen LogP contribution in [-0.4, -0.2) is 4.98 Å². The molecule has 1 aromatic heterocycles. The number of benzene rings is 2. The zero-order chi connectivity index (χ0) is 17.1. The second kappa shape index (κ2) is 6.53. The first-order valence-electron chi connectivity index (χ1n) is 7.69. The molecule has 2 aromatic carbocycles. The van der Waals surface area contributed by atoms with Crippen molar-refractivity contribution < 1.29 is 0 Å². The summed E-state index contributed by atoms with van der Waals surface area (Å²) >= 11 is 0. The van der Waals surface area contributed by atoms with Crippen LogP contribution in [0, 0.1) is 25.2 Å². The van der Waals surface area contributed by atoms with Crippen LogP contribution in [0.15, 0.2) is 54.6 Å². The van der Waals surface area contributed by atoms with Gasteiger partial charge in [-0.3, -0.25) is 0 Å². The van der Waals surface area contributed by atoms with Gasteiger partial charge in [0.1, 0.15) is 11.6 Å². The van der Waals surface area contributed by atoms with Gasteiger partial charge in [-0.15, -0.1) is 0 Å². The van der Waals surface area contributed by atoms with Gasteiger partial charge in [-0.2, -0.15) is 5.26 Å². The number of nitriles is 1. The highest BCUT2D eigenvalue weighted by molar-refractivity contribution is 5.80. The number of aryl methyl sites for hydroxylation is 2. The predicted octanol–water partition coefficient (Wildman–Crippen LogP) is 4.19. The van der Waals surface area contributed by atoms with Gasteiger partial charge in [0, 0.05) is 11.1 Å². The Bertz CT molecular complexity index is 924. The van der Waals surface area contributed by atoms with Gasteiger partial charge < -0.3 is 5.43 Å². The van der Waals surface area contributed by atoms with Gasteiger partial charge in [0.25, 0.3) is 0 Å². The lowest BCUT2D eigenvalue weighted by Gasteiger charge is -2.13. The summed E-state index contributed by atoms with van der Waals surface area (Å²) < 4.78 is 0. The maximum absolute atomic E-state index is 9.55. The first kappa shape index (κ1) is 15.7. The Labute approximate surface area is 141 Å². The van der Waals surface area contributed by atoms with Crippen LogP contribution in [0.5, 0.6) is 0 Å². The number of nitrogens with zero attached hydrogens (tertiary/aromatic N) is 2. The molecule has 0 fully saturated rings. The molecule has 0 unspecified atom stereocenters. The summed E-state index contributed by atoms with van der Waals surface area (Å²) in [5, 5.41) is 9.55. The smallest absolute Gasteiger partial charge is 0.159 e. The number of anilines is 1. The molecule has 0 atom stereocenters. The molecule has 0 bridgehead atoms. The number of nitrogens with one attached hydrogen (secondary N) is 1. The Morgan fingerprint density at radius 2 is 1.71 bits per heavy atom. The number of hydrogen-bond acceptors (Lipinski definition) is 4. The first-order valence-corrected chi connectivity index (χ1v) is 7.69. The van der Waals surface area contributed by atoms with E-state index in [1.54, 1.807) is 0 Å². The molecule has 0 aliphatic heterocycles. The van der Waals surface area contributed by atoms with Gasteiger partial charge in [-0.05, 0) is 42.7 Å². The fourth-order valence-corrected chi connectivity index (χ4v) is 2.66. The normalized spacial score (nSPS) is 10.2. The highest BCUT2D eigenvalue weighted by atomic mass is 15.2. The molecule has 1 heterocycles. The van der Waals surface area contributed by atoms with Crippen LogP contribution < -0.4 is 11.3 Å². The summed E-state index contributed by atoms with van der Waals surface area (Å²) in [6.45, 7) is 4.15. The predicted molar refractivity (Wildman–Crippen MR) is 97.1 cm³/mol. The van der Waals surface area contributed by atoms with Crippen LogP contribution >= 0.6 is 0 Å². The molecular weight excluding hydrogens is 296 g/mol. The topological polar surface area (TPSA) is 74.7 Å². The highest BCUT2D eigenvalue weighted by Crippen LogP contribution is 2.32. The number of nitrogens with two attached hydrogens (primary N) is 1. The van der Waals surface area contributed by atoms with Crippen molar-refractivity contribution in [3.8, 4) is 28.5 Å². The molecule has 3 N–H and O–H groups in total. The minimum Gasteiger partial charge on any atom is -0.307 e. The zero-order valence-electron chi connectivity index (χ0n) is 13.7. The van der Waals surface area contributed by atoms with Crippen LogP contribution in [0.4, 0.5) is 5.82 Å². The monoisotopic (exact) mass is 314 g/mol. The molecule has 0 spiro atoms. The van der Waals surface area contributed by atoms with E-state index in [-0.39, 0.29) is 0 Å². The molecule has 0 amide bonds. The number of pyridine rings is 1. The van der Waals surface area contributed by atoms with Gasteiger partial charge >= 0.3 is 0 Å². The summed E-state index contributed by atoms with van der Waals surface area (Å²) in [7, 11) is 0. The van der Waals surface area contributed by atoms with Gasteiger partial charge in [0.2, 0.25) is 0 Å². The zero-order valence-corrected chi connectivity index (χ0v) is 13.7. The molecule has 118 valence electrons. The van der Waals surface area contributed by atoms with E-state index in [0.29, 0.717) is 11.4 Å². The van der Waals surface area contributed by atoms with Crippen LogP contribution in [0.2, 0.25) is 0 Å². The standard InChI is InChI=1S/C20H18N4/c1-13-8-9-16(10-14(13)2)19-11-17(15-6-4-3-5-7-15)18(12-21)20(23-19)24-22/h3-11H,22H2,1-2H3,(H,23,24). The molecule has 3 aromatic rings. The van der Waals surface area contributed by atoms with Crippen LogP contribution in [0.3, 0.4) is 0 Å². The maximum Gasteiger partial charge on any atom is 0.159 e. The average molecular weight is 314 g/mol. The molecule has 0 aliphatic carbocycles. The fraction of sp³-hybridized carbons (Fsp3) is 0.100. The lowest BCUT2D eigenvalue weighted by atomic mass is 9.97. The van der Waals surface area contributed by atoms with Crippen molar-refractivity contribution in [3.05, 3.63) is 71.3 Å². The van der Waals surface area contributed by atoms with Crippen molar-refractivity contribution in [2.75, 3.05) is 5.43 Å². The molecule has 0 saturated heterocycles. The fourth-order valence-electron chi connectivity index (χ4n) is 2.66. The van der Waals surface area contributed by atoms with Crippen molar-refractivity contribution >= 4 is 5.82 Å². The third-order valence-electron chi connectivity index (χ3n) is 4.16. The Morgan fingerprint density at radius 1 is 0.958 bits per heavy atom. The van der Waals surface area contributed by atoms with Crippen molar-refractivity contribution in [1.82, 2.24) is 4.98 Å². The summed E-state index contributed by atoms with van der Waals surface area (Å²) in [6, 6.07) is 20.1. The third kappa shape index (κ3) is 2.85. The Hall–Kier alpha value is -3.16. The van der Waals surface area contributed by atoms with E-state index in [9.17, 15) is 5.26 Å².